The predicted molar refractivity (Wildman–Crippen MR) is 69.6 cm³/mol. The van der Waals surface area contributed by atoms with Gasteiger partial charge in [-0.1, -0.05) is 31.4 Å². The molecule has 0 saturated heterocycles. The first kappa shape index (κ1) is 13.7. The van der Waals surface area contributed by atoms with Gasteiger partial charge < -0.3 is 10.1 Å². The van der Waals surface area contributed by atoms with Crippen LogP contribution >= 0.6 is 0 Å². The summed E-state index contributed by atoms with van der Waals surface area (Å²) in [6.07, 6.45) is 8.07. The van der Waals surface area contributed by atoms with E-state index in [1.165, 1.54) is 31.3 Å². The summed E-state index contributed by atoms with van der Waals surface area (Å²) < 4.78 is 5.00. The summed E-state index contributed by atoms with van der Waals surface area (Å²) in [4.78, 5) is 0. The van der Waals surface area contributed by atoms with Gasteiger partial charge in [-0.3, -0.25) is 0 Å². The lowest BCUT2D eigenvalue weighted by Gasteiger charge is -2.24. The third-order valence-corrected chi connectivity index (χ3v) is 3.47. The van der Waals surface area contributed by atoms with Gasteiger partial charge in [0.2, 0.25) is 0 Å². The summed E-state index contributed by atoms with van der Waals surface area (Å²) in [6.45, 7) is 7.37. The van der Waals surface area contributed by atoms with Crippen LogP contribution in [-0.4, -0.2) is 26.8 Å². The number of ether oxygens (including phenoxy) is 1. The standard InChI is InChI=1S/C14H27NO/c1-12-4-6-14(7-5-12)10-13(2)11-15-8-9-16-3/h10,12,14-15H,4-9,11H2,1-3H3/b13-10+. The lowest BCUT2D eigenvalue weighted by Crippen LogP contribution is -2.21. The Morgan fingerprint density at radius 1 is 1.31 bits per heavy atom. The van der Waals surface area contributed by atoms with Crippen molar-refractivity contribution in [2.45, 2.75) is 39.5 Å². The summed E-state index contributed by atoms with van der Waals surface area (Å²) >= 11 is 0. The molecule has 0 unspecified atom stereocenters. The number of hydrogen-bond donors (Lipinski definition) is 1. The monoisotopic (exact) mass is 225 g/mol. The van der Waals surface area contributed by atoms with Gasteiger partial charge in [0.25, 0.3) is 0 Å². The van der Waals surface area contributed by atoms with Crippen molar-refractivity contribution in [3.63, 3.8) is 0 Å². The molecule has 0 radical (unpaired) electrons. The zero-order chi connectivity index (χ0) is 11.8. The molecule has 1 saturated carbocycles. The smallest absolute Gasteiger partial charge is 0.0587 e. The lowest BCUT2D eigenvalue weighted by molar-refractivity contribution is 0.200. The number of methoxy groups -OCH3 is 1. The van der Waals surface area contributed by atoms with Crippen LogP contribution in [0, 0.1) is 11.8 Å². The highest BCUT2D eigenvalue weighted by molar-refractivity contribution is 5.03. The Labute approximate surface area is 100 Å². The SMILES string of the molecule is COCCNC/C(C)=C/C1CCC(C)CC1. The third kappa shape index (κ3) is 5.66. The first-order valence-electron chi connectivity index (χ1n) is 6.59. The second-order valence-electron chi connectivity index (χ2n) is 5.20. The summed E-state index contributed by atoms with van der Waals surface area (Å²) in [7, 11) is 1.74. The van der Waals surface area contributed by atoms with Crippen molar-refractivity contribution in [1.29, 1.82) is 0 Å². The third-order valence-electron chi connectivity index (χ3n) is 3.47. The fraction of sp³-hybridized carbons (Fsp3) is 0.857. The molecule has 1 fully saturated rings. The molecule has 0 aromatic heterocycles. The van der Waals surface area contributed by atoms with E-state index in [9.17, 15) is 0 Å². The first-order chi connectivity index (χ1) is 7.72. The second-order valence-corrected chi connectivity index (χ2v) is 5.20. The van der Waals surface area contributed by atoms with Gasteiger partial charge in [0, 0.05) is 20.2 Å². The van der Waals surface area contributed by atoms with E-state index in [0.717, 1.165) is 31.5 Å². The summed E-state index contributed by atoms with van der Waals surface area (Å²) in [5.41, 5.74) is 1.48. The van der Waals surface area contributed by atoms with E-state index < -0.39 is 0 Å². The molecule has 1 aliphatic rings. The Morgan fingerprint density at radius 2 is 2.00 bits per heavy atom. The molecule has 0 spiro atoms. The molecule has 1 rings (SSSR count). The van der Waals surface area contributed by atoms with Gasteiger partial charge in [0.1, 0.15) is 0 Å². The minimum atomic E-state index is 0.800. The molecular formula is C14H27NO. The lowest BCUT2D eigenvalue weighted by atomic mass is 9.82. The molecule has 2 nitrogen and oxygen atoms in total. The Balaban J connectivity index is 2.16. The van der Waals surface area contributed by atoms with E-state index >= 15 is 0 Å². The maximum atomic E-state index is 5.00. The van der Waals surface area contributed by atoms with E-state index in [1.807, 2.05) is 0 Å². The van der Waals surface area contributed by atoms with E-state index in [2.05, 4.69) is 25.2 Å². The van der Waals surface area contributed by atoms with Crippen LogP contribution in [0.4, 0.5) is 0 Å². The van der Waals surface area contributed by atoms with E-state index in [-0.39, 0.29) is 0 Å². The van der Waals surface area contributed by atoms with Gasteiger partial charge in [-0.05, 0) is 31.6 Å². The van der Waals surface area contributed by atoms with Crippen LogP contribution in [0.5, 0.6) is 0 Å². The van der Waals surface area contributed by atoms with Crippen LogP contribution in [0.1, 0.15) is 39.5 Å². The quantitative estimate of drug-likeness (QED) is 0.554. The fourth-order valence-electron chi connectivity index (χ4n) is 2.37. The fourth-order valence-corrected chi connectivity index (χ4v) is 2.37. The average Bonchev–Trinajstić information content (AvgIpc) is 2.28. The minimum absolute atomic E-state index is 0.800. The maximum absolute atomic E-state index is 5.00. The number of hydrogen-bond acceptors (Lipinski definition) is 2. The van der Waals surface area contributed by atoms with Gasteiger partial charge in [0.15, 0.2) is 0 Å². The van der Waals surface area contributed by atoms with Gasteiger partial charge in [-0.2, -0.15) is 0 Å². The van der Waals surface area contributed by atoms with Crippen LogP contribution in [0.3, 0.4) is 0 Å². The maximum Gasteiger partial charge on any atom is 0.0587 e. The van der Waals surface area contributed by atoms with Crippen LogP contribution in [-0.2, 0) is 4.74 Å². The molecule has 0 aromatic carbocycles. The van der Waals surface area contributed by atoms with Gasteiger partial charge >= 0.3 is 0 Å². The van der Waals surface area contributed by atoms with Crippen molar-refractivity contribution in [2.24, 2.45) is 11.8 Å². The van der Waals surface area contributed by atoms with Crippen molar-refractivity contribution in [2.75, 3.05) is 26.8 Å². The normalized spacial score (nSPS) is 27.1. The van der Waals surface area contributed by atoms with Crippen molar-refractivity contribution in [3.05, 3.63) is 11.6 Å². The molecule has 0 aromatic rings. The molecule has 0 aliphatic heterocycles. The Morgan fingerprint density at radius 3 is 2.62 bits per heavy atom. The molecule has 0 atom stereocenters. The van der Waals surface area contributed by atoms with Gasteiger partial charge in [-0.15, -0.1) is 0 Å². The van der Waals surface area contributed by atoms with Crippen molar-refractivity contribution in [3.8, 4) is 0 Å². The highest BCUT2D eigenvalue weighted by Crippen LogP contribution is 2.29. The molecule has 1 aliphatic carbocycles. The zero-order valence-corrected chi connectivity index (χ0v) is 11.1. The molecular weight excluding hydrogens is 198 g/mol. The molecule has 0 amide bonds. The van der Waals surface area contributed by atoms with Gasteiger partial charge in [-0.25, -0.2) is 0 Å². The first-order valence-corrected chi connectivity index (χ1v) is 6.59. The number of nitrogens with one attached hydrogen (secondary N) is 1. The molecule has 0 heterocycles. The van der Waals surface area contributed by atoms with Crippen LogP contribution < -0.4 is 5.32 Å². The second kappa shape index (κ2) is 7.86. The molecule has 16 heavy (non-hydrogen) atoms. The summed E-state index contributed by atoms with van der Waals surface area (Å²) in [5, 5.41) is 3.39. The average molecular weight is 225 g/mol. The zero-order valence-electron chi connectivity index (χ0n) is 11.1. The highest BCUT2D eigenvalue weighted by atomic mass is 16.5. The Kier molecular flexibility index (Phi) is 6.74. The summed E-state index contributed by atoms with van der Waals surface area (Å²) in [6, 6.07) is 0. The Hall–Kier alpha value is -0.340. The molecule has 94 valence electrons. The molecule has 1 N–H and O–H groups in total. The molecule has 2 heteroatoms. The summed E-state index contributed by atoms with van der Waals surface area (Å²) in [5.74, 6) is 1.78. The number of allylic oxidation sites excluding steroid dienone is 1. The Bertz CT molecular complexity index is 205. The van der Waals surface area contributed by atoms with E-state index in [4.69, 9.17) is 4.74 Å². The van der Waals surface area contributed by atoms with Crippen LogP contribution in [0.2, 0.25) is 0 Å². The number of rotatable bonds is 6. The van der Waals surface area contributed by atoms with Gasteiger partial charge in [0.05, 0.1) is 6.61 Å². The van der Waals surface area contributed by atoms with Crippen LogP contribution in [0.15, 0.2) is 11.6 Å². The van der Waals surface area contributed by atoms with Crippen molar-refractivity contribution >= 4 is 0 Å². The topological polar surface area (TPSA) is 21.3 Å². The minimum Gasteiger partial charge on any atom is -0.383 e. The molecule has 0 bridgehead atoms. The highest BCUT2D eigenvalue weighted by Gasteiger charge is 2.16. The van der Waals surface area contributed by atoms with Crippen molar-refractivity contribution < 1.29 is 4.74 Å². The largest absolute Gasteiger partial charge is 0.383 e. The predicted octanol–water partition coefficient (Wildman–Crippen LogP) is 3.00. The van der Waals surface area contributed by atoms with E-state index in [0.29, 0.717) is 0 Å². The van der Waals surface area contributed by atoms with Crippen LogP contribution in [0.25, 0.3) is 0 Å². The van der Waals surface area contributed by atoms with E-state index in [1.54, 1.807) is 7.11 Å². The van der Waals surface area contributed by atoms with Crippen molar-refractivity contribution in [1.82, 2.24) is 5.32 Å².